The highest BCUT2D eigenvalue weighted by atomic mass is 16.3. The van der Waals surface area contributed by atoms with E-state index in [2.05, 4.69) is 38.2 Å². The van der Waals surface area contributed by atoms with Gasteiger partial charge in [-0.15, -0.1) is 0 Å². The molecule has 0 fully saturated rings. The second-order valence-corrected chi connectivity index (χ2v) is 6.71. The third-order valence-corrected chi connectivity index (χ3v) is 4.35. The van der Waals surface area contributed by atoms with Gasteiger partial charge in [0, 0.05) is 16.6 Å². The predicted octanol–water partition coefficient (Wildman–Crippen LogP) is 5.35. The molecule has 0 aliphatic carbocycles. The first-order valence-electron chi connectivity index (χ1n) is 8.31. The summed E-state index contributed by atoms with van der Waals surface area (Å²) in [7, 11) is 0. The first kappa shape index (κ1) is 16.3. The summed E-state index contributed by atoms with van der Waals surface area (Å²) in [6, 6.07) is 12.0. The van der Waals surface area contributed by atoms with Crippen LogP contribution in [0.3, 0.4) is 0 Å². The van der Waals surface area contributed by atoms with Gasteiger partial charge in [0.1, 0.15) is 5.58 Å². The molecule has 0 saturated carbocycles. The number of furan rings is 1. The van der Waals surface area contributed by atoms with E-state index >= 15 is 0 Å². The van der Waals surface area contributed by atoms with Gasteiger partial charge in [0.05, 0.1) is 12.7 Å². The van der Waals surface area contributed by atoms with Crippen molar-refractivity contribution >= 4 is 22.6 Å². The van der Waals surface area contributed by atoms with Crippen molar-refractivity contribution in [3.63, 3.8) is 0 Å². The third kappa shape index (κ3) is 3.35. The van der Waals surface area contributed by atoms with E-state index in [0.29, 0.717) is 12.3 Å². The monoisotopic (exact) mass is 321 g/mol. The van der Waals surface area contributed by atoms with Crippen molar-refractivity contribution in [3.05, 3.63) is 64.9 Å². The lowest BCUT2D eigenvalue weighted by atomic mass is 9.95. The molecule has 0 saturated heterocycles. The molecule has 1 heterocycles. The first-order valence-corrected chi connectivity index (χ1v) is 8.31. The third-order valence-electron chi connectivity index (χ3n) is 4.35. The van der Waals surface area contributed by atoms with Crippen molar-refractivity contribution in [2.24, 2.45) is 0 Å². The van der Waals surface area contributed by atoms with Crippen LogP contribution < -0.4 is 5.32 Å². The summed E-state index contributed by atoms with van der Waals surface area (Å²) in [5, 5.41) is 3.97. The molecule has 1 amide bonds. The number of fused-ring (bicyclic) bond motifs is 1. The Balaban J connectivity index is 1.83. The van der Waals surface area contributed by atoms with E-state index in [0.717, 1.165) is 22.2 Å². The van der Waals surface area contributed by atoms with Gasteiger partial charge < -0.3 is 9.73 Å². The van der Waals surface area contributed by atoms with Crippen molar-refractivity contribution in [1.29, 1.82) is 0 Å². The summed E-state index contributed by atoms with van der Waals surface area (Å²) in [5.74, 6) is 0.409. The Labute approximate surface area is 142 Å². The van der Waals surface area contributed by atoms with Crippen molar-refractivity contribution in [1.82, 2.24) is 0 Å². The van der Waals surface area contributed by atoms with Gasteiger partial charge >= 0.3 is 0 Å². The Hall–Kier alpha value is -2.55. The van der Waals surface area contributed by atoms with Gasteiger partial charge in [-0.25, -0.2) is 0 Å². The van der Waals surface area contributed by atoms with Crippen LogP contribution in [0.1, 0.15) is 42.0 Å². The molecule has 3 aromatic rings. The van der Waals surface area contributed by atoms with E-state index in [9.17, 15) is 4.79 Å². The van der Waals surface area contributed by atoms with Gasteiger partial charge in [0.2, 0.25) is 5.91 Å². The quantitative estimate of drug-likeness (QED) is 0.703. The van der Waals surface area contributed by atoms with Crippen molar-refractivity contribution in [3.8, 4) is 0 Å². The van der Waals surface area contributed by atoms with Gasteiger partial charge in [0.25, 0.3) is 0 Å². The van der Waals surface area contributed by atoms with Gasteiger partial charge in [-0.3, -0.25) is 4.79 Å². The lowest BCUT2D eigenvalue weighted by Crippen LogP contribution is -2.14. The van der Waals surface area contributed by atoms with Gasteiger partial charge in [-0.1, -0.05) is 31.5 Å². The molecule has 24 heavy (non-hydrogen) atoms. The fraction of sp³-hybridized carbons (Fsp3) is 0.286. The van der Waals surface area contributed by atoms with E-state index in [1.165, 1.54) is 16.7 Å². The molecule has 0 bridgehead atoms. The number of benzene rings is 2. The second kappa shape index (κ2) is 6.52. The zero-order valence-corrected chi connectivity index (χ0v) is 14.6. The number of rotatable bonds is 4. The summed E-state index contributed by atoms with van der Waals surface area (Å²) < 4.78 is 5.65. The minimum Gasteiger partial charge on any atom is -0.464 e. The SMILES string of the molecule is Cc1ccc(NC(=O)Cc2coc3cc(C)c(C(C)C)cc23)cc1. The fourth-order valence-electron chi connectivity index (χ4n) is 3.02. The number of anilines is 1. The molecule has 124 valence electrons. The zero-order chi connectivity index (χ0) is 17.3. The zero-order valence-electron chi connectivity index (χ0n) is 14.6. The first-order chi connectivity index (χ1) is 11.4. The molecule has 0 spiro atoms. The summed E-state index contributed by atoms with van der Waals surface area (Å²) in [6.45, 7) is 8.48. The van der Waals surface area contributed by atoms with Crippen molar-refractivity contribution in [2.75, 3.05) is 5.32 Å². The van der Waals surface area contributed by atoms with Crippen LogP contribution in [-0.4, -0.2) is 5.91 Å². The molecular formula is C21H23NO2. The Kier molecular flexibility index (Phi) is 4.43. The number of aryl methyl sites for hydroxylation is 2. The second-order valence-electron chi connectivity index (χ2n) is 6.71. The average molecular weight is 321 g/mol. The predicted molar refractivity (Wildman–Crippen MR) is 98.6 cm³/mol. The molecule has 0 aliphatic rings. The van der Waals surface area contributed by atoms with Crippen LogP contribution >= 0.6 is 0 Å². The molecule has 3 nitrogen and oxygen atoms in total. The average Bonchev–Trinajstić information content (AvgIpc) is 2.90. The van der Waals surface area contributed by atoms with E-state index in [1.54, 1.807) is 6.26 Å². The smallest absolute Gasteiger partial charge is 0.228 e. The van der Waals surface area contributed by atoms with E-state index in [1.807, 2.05) is 31.2 Å². The van der Waals surface area contributed by atoms with Gasteiger partial charge in [-0.2, -0.15) is 0 Å². The highest BCUT2D eigenvalue weighted by molar-refractivity contribution is 5.95. The maximum Gasteiger partial charge on any atom is 0.228 e. The molecule has 2 aromatic carbocycles. The van der Waals surface area contributed by atoms with Gasteiger partial charge in [0.15, 0.2) is 0 Å². The van der Waals surface area contributed by atoms with Crippen LogP contribution in [0.25, 0.3) is 11.0 Å². The van der Waals surface area contributed by atoms with Crippen LogP contribution in [0, 0.1) is 13.8 Å². The fourth-order valence-corrected chi connectivity index (χ4v) is 3.02. The highest BCUT2D eigenvalue weighted by Gasteiger charge is 2.14. The molecule has 1 aromatic heterocycles. The van der Waals surface area contributed by atoms with Crippen LogP contribution in [0.4, 0.5) is 5.69 Å². The van der Waals surface area contributed by atoms with Crippen LogP contribution in [0.5, 0.6) is 0 Å². The summed E-state index contributed by atoms with van der Waals surface area (Å²) in [6.07, 6.45) is 2.00. The molecule has 0 atom stereocenters. The van der Waals surface area contributed by atoms with E-state index in [-0.39, 0.29) is 5.91 Å². The number of hydrogen-bond acceptors (Lipinski definition) is 2. The standard InChI is InChI=1S/C21H23NO2/c1-13(2)18-11-19-16(12-24-20(19)9-15(18)4)10-21(23)22-17-7-5-14(3)6-8-17/h5-9,11-13H,10H2,1-4H3,(H,22,23). The summed E-state index contributed by atoms with van der Waals surface area (Å²) in [5.41, 5.74) is 6.28. The van der Waals surface area contributed by atoms with E-state index in [4.69, 9.17) is 4.42 Å². The van der Waals surface area contributed by atoms with E-state index < -0.39 is 0 Å². The summed E-state index contributed by atoms with van der Waals surface area (Å²) >= 11 is 0. The molecule has 0 radical (unpaired) electrons. The number of hydrogen-bond donors (Lipinski definition) is 1. The Morgan fingerprint density at radius 2 is 1.83 bits per heavy atom. The van der Waals surface area contributed by atoms with Crippen molar-refractivity contribution < 1.29 is 9.21 Å². The largest absolute Gasteiger partial charge is 0.464 e. The Morgan fingerprint density at radius 3 is 2.50 bits per heavy atom. The topological polar surface area (TPSA) is 42.2 Å². The maximum atomic E-state index is 12.3. The lowest BCUT2D eigenvalue weighted by Gasteiger charge is -2.10. The number of carbonyl (C=O) groups excluding carboxylic acids is 1. The maximum absolute atomic E-state index is 12.3. The molecule has 0 aliphatic heterocycles. The molecule has 3 heteroatoms. The lowest BCUT2D eigenvalue weighted by molar-refractivity contribution is -0.115. The highest BCUT2D eigenvalue weighted by Crippen LogP contribution is 2.29. The van der Waals surface area contributed by atoms with Crippen LogP contribution in [0.15, 0.2) is 47.1 Å². The Bertz CT molecular complexity index is 873. The van der Waals surface area contributed by atoms with Crippen molar-refractivity contribution in [2.45, 2.75) is 40.0 Å². The van der Waals surface area contributed by atoms with Crippen LogP contribution in [0.2, 0.25) is 0 Å². The molecule has 0 unspecified atom stereocenters. The minimum atomic E-state index is -0.0341. The molecular weight excluding hydrogens is 298 g/mol. The number of carbonyl (C=O) groups is 1. The summed E-state index contributed by atoms with van der Waals surface area (Å²) in [4.78, 5) is 12.3. The van der Waals surface area contributed by atoms with Crippen LogP contribution in [-0.2, 0) is 11.2 Å². The molecule has 1 N–H and O–H groups in total. The Morgan fingerprint density at radius 1 is 1.12 bits per heavy atom. The minimum absolute atomic E-state index is 0.0341. The number of amides is 1. The number of nitrogens with one attached hydrogen (secondary N) is 1. The molecule has 3 rings (SSSR count). The normalized spacial score (nSPS) is 11.2. The van der Waals surface area contributed by atoms with Gasteiger partial charge in [-0.05, 0) is 55.2 Å².